The molecular weight excluding hydrogens is 350 g/mol. The average molecular weight is 367 g/mol. The number of piperidine rings is 1. The van der Waals surface area contributed by atoms with Crippen molar-refractivity contribution in [3.8, 4) is 0 Å². The van der Waals surface area contributed by atoms with Gasteiger partial charge in [-0.3, -0.25) is 9.59 Å². The van der Waals surface area contributed by atoms with E-state index in [0.717, 1.165) is 0 Å². The number of hydrogen-bond acceptors (Lipinski definition) is 6. The molecule has 0 aromatic heterocycles. The van der Waals surface area contributed by atoms with Gasteiger partial charge in [0.15, 0.2) is 0 Å². The summed E-state index contributed by atoms with van der Waals surface area (Å²) in [4.78, 5) is 41.6. The molecule has 10 heteroatoms. The molecule has 1 fully saturated rings. The molecule has 1 aromatic rings. The summed E-state index contributed by atoms with van der Waals surface area (Å²) in [5, 5.41) is 0.476. The molecule has 0 radical (unpaired) electrons. The normalized spacial score (nSPS) is 19.2. The van der Waals surface area contributed by atoms with Crippen LogP contribution in [-0.2, 0) is 19.8 Å². The molecule has 2 amide bonds. The number of hydrogen-bond donors (Lipinski definition) is 1. The van der Waals surface area contributed by atoms with Crippen LogP contribution in [0, 0.1) is 5.92 Å². The van der Waals surface area contributed by atoms with Gasteiger partial charge in [-0.15, -0.1) is 0 Å². The fourth-order valence-electron chi connectivity index (χ4n) is 2.88. The molecule has 0 saturated carbocycles. The smallest absolute Gasteiger partial charge is 0.329 e. The zero-order chi connectivity index (χ0) is 18.2. The Morgan fingerprint density at radius 3 is 2.12 bits per heavy atom. The first kappa shape index (κ1) is 17.5. The number of rotatable bonds is 4. The topological polar surface area (TPSA) is 113 Å². The SMILES string of the molecule is CNS(=O)(=O)N1CCC(C(=O)ON2C(=O)c3ccccc3C2=O)CC1. The third kappa shape index (κ3) is 3.15. The third-order valence-electron chi connectivity index (χ3n) is 4.32. The van der Waals surface area contributed by atoms with E-state index in [1.54, 1.807) is 12.1 Å². The van der Waals surface area contributed by atoms with Gasteiger partial charge in [0, 0.05) is 20.1 Å². The van der Waals surface area contributed by atoms with Crippen LogP contribution < -0.4 is 4.72 Å². The standard InChI is InChI=1S/C15H17N3O6S/c1-16-25(22,23)17-8-6-10(7-9-17)15(21)24-18-13(19)11-4-2-3-5-12(11)14(18)20/h2-5,10,16H,6-9H2,1H3. The van der Waals surface area contributed by atoms with Crippen molar-refractivity contribution in [2.75, 3.05) is 20.1 Å². The highest BCUT2D eigenvalue weighted by Gasteiger charge is 2.40. The number of carbonyl (C=O) groups is 3. The van der Waals surface area contributed by atoms with Crippen molar-refractivity contribution in [1.29, 1.82) is 0 Å². The molecule has 2 heterocycles. The Balaban J connectivity index is 1.63. The van der Waals surface area contributed by atoms with Crippen LogP contribution in [0.2, 0.25) is 0 Å². The predicted octanol–water partition coefficient (Wildman–Crippen LogP) is -0.0830. The van der Waals surface area contributed by atoms with Crippen molar-refractivity contribution in [3.05, 3.63) is 35.4 Å². The number of imide groups is 1. The largest absolute Gasteiger partial charge is 0.336 e. The quantitative estimate of drug-likeness (QED) is 0.745. The van der Waals surface area contributed by atoms with Gasteiger partial charge >= 0.3 is 5.97 Å². The van der Waals surface area contributed by atoms with Gasteiger partial charge in [-0.1, -0.05) is 17.2 Å². The molecule has 0 bridgehead atoms. The van der Waals surface area contributed by atoms with Gasteiger partial charge in [0.2, 0.25) is 0 Å². The van der Waals surface area contributed by atoms with Crippen LogP contribution in [0.3, 0.4) is 0 Å². The van der Waals surface area contributed by atoms with Crippen molar-refractivity contribution < 1.29 is 27.6 Å². The number of fused-ring (bicyclic) bond motifs is 1. The molecule has 0 spiro atoms. The first-order valence-corrected chi connectivity index (χ1v) is 9.17. The number of hydroxylamine groups is 2. The van der Waals surface area contributed by atoms with E-state index < -0.39 is 33.9 Å². The number of carbonyl (C=O) groups excluding carboxylic acids is 3. The van der Waals surface area contributed by atoms with E-state index in [-0.39, 0.29) is 37.1 Å². The van der Waals surface area contributed by atoms with Gasteiger partial charge in [-0.2, -0.15) is 12.7 Å². The van der Waals surface area contributed by atoms with E-state index in [2.05, 4.69) is 4.72 Å². The molecular formula is C15H17N3O6S. The van der Waals surface area contributed by atoms with Gasteiger partial charge in [-0.05, 0) is 25.0 Å². The van der Waals surface area contributed by atoms with Crippen LogP contribution in [0.25, 0.3) is 0 Å². The Labute approximate surface area is 144 Å². The molecule has 9 nitrogen and oxygen atoms in total. The summed E-state index contributed by atoms with van der Waals surface area (Å²) in [6.45, 7) is 0.316. The number of nitrogens with zero attached hydrogens (tertiary/aromatic N) is 2. The highest BCUT2D eigenvalue weighted by Crippen LogP contribution is 2.25. The van der Waals surface area contributed by atoms with Crippen LogP contribution in [0.1, 0.15) is 33.6 Å². The molecule has 25 heavy (non-hydrogen) atoms. The Morgan fingerprint density at radius 2 is 1.64 bits per heavy atom. The van der Waals surface area contributed by atoms with Crippen molar-refractivity contribution >= 4 is 28.0 Å². The Bertz CT molecular complexity index is 794. The van der Waals surface area contributed by atoms with Crippen molar-refractivity contribution in [3.63, 3.8) is 0 Å². The molecule has 1 aromatic carbocycles. The molecule has 3 rings (SSSR count). The lowest BCUT2D eigenvalue weighted by Gasteiger charge is -2.29. The maximum Gasteiger partial charge on any atom is 0.336 e. The Hall–Kier alpha value is -2.30. The van der Waals surface area contributed by atoms with Crippen LogP contribution in [0.15, 0.2) is 24.3 Å². The Morgan fingerprint density at radius 1 is 1.12 bits per heavy atom. The van der Waals surface area contributed by atoms with Crippen LogP contribution in [-0.4, -0.2) is 55.7 Å². The molecule has 134 valence electrons. The average Bonchev–Trinajstić information content (AvgIpc) is 2.87. The molecule has 0 unspecified atom stereocenters. The first-order chi connectivity index (χ1) is 11.8. The fraction of sp³-hybridized carbons (Fsp3) is 0.400. The fourth-order valence-corrected chi connectivity index (χ4v) is 3.83. The van der Waals surface area contributed by atoms with E-state index in [1.807, 2.05) is 0 Å². The highest BCUT2D eigenvalue weighted by molar-refractivity contribution is 7.87. The molecule has 2 aliphatic heterocycles. The summed E-state index contributed by atoms with van der Waals surface area (Å²) >= 11 is 0. The van der Waals surface area contributed by atoms with Crippen molar-refractivity contribution in [1.82, 2.24) is 14.1 Å². The lowest BCUT2D eigenvalue weighted by Crippen LogP contribution is -2.45. The van der Waals surface area contributed by atoms with E-state index >= 15 is 0 Å². The summed E-state index contributed by atoms with van der Waals surface area (Å²) in [5.74, 6) is -2.64. The second-order valence-electron chi connectivity index (χ2n) is 5.74. The van der Waals surface area contributed by atoms with Crippen molar-refractivity contribution in [2.24, 2.45) is 5.92 Å². The van der Waals surface area contributed by atoms with E-state index in [1.165, 1.54) is 23.5 Å². The zero-order valence-corrected chi connectivity index (χ0v) is 14.3. The minimum absolute atomic E-state index is 0.158. The van der Waals surface area contributed by atoms with Crippen LogP contribution in [0.4, 0.5) is 0 Å². The van der Waals surface area contributed by atoms with E-state index in [9.17, 15) is 22.8 Å². The van der Waals surface area contributed by atoms with E-state index in [0.29, 0.717) is 5.06 Å². The maximum atomic E-state index is 12.3. The van der Waals surface area contributed by atoms with Crippen LogP contribution in [0.5, 0.6) is 0 Å². The second kappa shape index (κ2) is 6.54. The highest BCUT2D eigenvalue weighted by atomic mass is 32.2. The molecule has 2 aliphatic rings. The molecule has 1 N–H and O–H groups in total. The predicted molar refractivity (Wildman–Crippen MR) is 85.3 cm³/mol. The lowest BCUT2D eigenvalue weighted by atomic mass is 9.99. The number of nitrogens with one attached hydrogen (secondary N) is 1. The monoisotopic (exact) mass is 367 g/mol. The third-order valence-corrected chi connectivity index (χ3v) is 5.88. The molecule has 0 aliphatic carbocycles. The Kier molecular flexibility index (Phi) is 4.58. The number of benzene rings is 1. The van der Waals surface area contributed by atoms with Crippen molar-refractivity contribution in [2.45, 2.75) is 12.8 Å². The van der Waals surface area contributed by atoms with Gasteiger partial charge < -0.3 is 4.84 Å². The maximum absolute atomic E-state index is 12.3. The second-order valence-corrected chi connectivity index (χ2v) is 7.62. The van der Waals surface area contributed by atoms with Gasteiger partial charge in [0.25, 0.3) is 22.0 Å². The summed E-state index contributed by atoms with van der Waals surface area (Å²) in [7, 11) is -2.22. The first-order valence-electron chi connectivity index (χ1n) is 7.73. The number of amides is 2. The molecule has 1 saturated heterocycles. The van der Waals surface area contributed by atoms with Gasteiger partial charge in [-0.25, -0.2) is 9.52 Å². The summed E-state index contributed by atoms with van der Waals surface area (Å²) in [5.41, 5.74) is 0.380. The summed E-state index contributed by atoms with van der Waals surface area (Å²) in [6, 6.07) is 6.22. The van der Waals surface area contributed by atoms with Crippen LogP contribution >= 0.6 is 0 Å². The van der Waals surface area contributed by atoms with Gasteiger partial charge in [0.1, 0.15) is 0 Å². The lowest BCUT2D eigenvalue weighted by molar-refractivity contribution is -0.175. The molecule has 0 atom stereocenters. The minimum atomic E-state index is -3.53. The van der Waals surface area contributed by atoms with E-state index in [4.69, 9.17) is 4.84 Å². The zero-order valence-electron chi connectivity index (χ0n) is 13.5. The summed E-state index contributed by atoms with van der Waals surface area (Å²) < 4.78 is 26.9. The minimum Gasteiger partial charge on any atom is -0.329 e. The van der Waals surface area contributed by atoms with Gasteiger partial charge in [0.05, 0.1) is 17.0 Å². The summed E-state index contributed by atoms with van der Waals surface area (Å²) in [6.07, 6.45) is 0.506.